The van der Waals surface area contributed by atoms with Crippen molar-refractivity contribution in [3.8, 4) is 23.0 Å². The second-order valence-corrected chi connectivity index (χ2v) is 6.71. The maximum absolute atomic E-state index is 5.72. The summed E-state index contributed by atoms with van der Waals surface area (Å²) >= 11 is 0. The fourth-order valence-electron chi connectivity index (χ4n) is 3.07. The number of ether oxygens (including phenoxy) is 4. The molecule has 8 heteroatoms. The highest BCUT2D eigenvalue weighted by atomic mass is 127. The summed E-state index contributed by atoms with van der Waals surface area (Å²) in [5, 5.41) is 6.68. The van der Waals surface area contributed by atoms with Crippen molar-refractivity contribution in [2.24, 2.45) is 4.99 Å². The van der Waals surface area contributed by atoms with Gasteiger partial charge in [0, 0.05) is 13.1 Å². The van der Waals surface area contributed by atoms with Gasteiger partial charge in [0.25, 0.3) is 0 Å². The molecule has 0 heterocycles. The summed E-state index contributed by atoms with van der Waals surface area (Å²) in [5.41, 5.74) is 2.22. The summed E-state index contributed by atoms with van der Waals surface area (Å²) in [5.74, 6) is 3.76. The maximum Gasteiger partial charge on any atom is 0.191 e. The van der Waals surface area contributed by atoms with Crippen molar-refractivity contribution in [3.63, 3.8) is 0 Å². The molecule has 0 radical (unpaired) electrons. The monoisotopic (exact) mass is 557 g/mol. The summed E-state index contributed by atoms with van der Waals surface area (Å²) in [7, 11) is 3.26. The molecule has 0 aliphatic rings. The van der Waals surface area contributed by atoms with Crippen LogP contribution in [0.2, 0.25) is 0 Å². The predicted octanol–water partition coefficient (Wildman–Crippen LogP) is 4.42. The van der Waals surface area contributed by atoms with Gasteiger partial charge in [0.15, 0.2) is 29.0 Å². The second-order valence-electron chi connectivity index (χ2n) is 6.71. The number of nitrogens with one attached hydrogen (secondary N) is 2. The summed E-state index contributed by atoms with van der Waals surface area (Å²) in [6, 6.07) is 11.9. The lowest BCUT2D eigenvalue weighted by Crippen LogP contribution is -2.38. The van der Waals surface area contributed by atoms with Gasteiger partial charge >= 0.3 is 0 Å². The number of benzene rings is 2. The Morgan fingerprint density at radius 1 is 0.781 bits per heavy atom. The van der Waals surface area contributed by atoms with Crippen LogP contribution in [0, 0.1) is 0 Å². The van der Waals surface area contributed by atoms with E-state index in [1.54, 1.807) is 14.2 Å². The zero-order chi connectivity index (χ0) is 22.5. The fraction of sp³-hybridized carbons (Fsp3) is 0.458. The largest absolute Gasteiger partial charge is 0.493 e. The van der Waals surface area contributed by atoms with Crippen molar-refractivity contribution in [2.45, 2.75) is 33.7 Å². The van der Waals surface area contributed by atoms with Gasteiger partial charge in [0.2, 0.25) is 0 Å². The van der Waals surface area contributed by atoms with Gasteiger partial charge in [-0.2, -0.15) is 0 Å². The molecule has 0 amide bonds. The van der Waals surface area contributed by atoms with Crippen molar-refractivity contribution >= 4 is 29.9 Å². The van der Waals surface area contributed by atoms with Gasteiger partial charge in [0.1, 0.15) is 0 Å². The van der Waals surface area contributed by atoms with Gasteiger partial charge in [-0.25, -0.2) is 4.99 Å². The molecule has 7 nitrogen and oxygen atoms in total. The summed E-state index contributed by atoms with van der Waals surface area (Å²) < 4.78 is 22.0. The van der Waals surface area contributed by atoms with Crippen molar-refractivity contribution in [1.82, 2.24) is 10.6 Å². The third-order valence-corrected chi connectivity index (χ3v) is 4.53. The molecule has 0 aromatic heterocycles. The van der Waals surface area contributed by atoms with E-state index in [1.807, 2.05) is 44.2 Å². The number of hydrogen-bond acceptors (Lipinski definition) is 5. The molecule has 32 heavy (non-hydrogen) atoms. The molecule has 0 aliphatic heterocycles. The minimum atomic E-state index is 0. The molecule has 0 unspecified atom stereocenters. The third-order valence-electron chi connectivity index (χ3n) is 4.53. The highest BCUT2D eigenvalue weighted by molar-refractivity contribution is 14.0. The van der Waals surface area contributed by atoms with Crippen molar-refractivity contribution < 1.29 is 18.9 Å². The molecular weight excluding hydrogens is 521 g/mol. The number of nitrogens with zero attached hydrogens (tertiary/aromatic N) is 1. The molecule has 2 N–H and O–H groups in total. The average Bonchev–Trinajstić information content (AvgIpc) is 2.79. The van der Waals surface area contributed by atoms with Crippen molar-refractivity contribution in [3.05, 3.63) is 47.5 Å². The number of hydrogen-bond donors (Lipinski definition) is 2. The van der Waals surface area contributed by atoms with E-state index in [2.05, 4.69) is 28.6 Å². The number of methoxy groups -OCH3 is 2. The molecule has 0 saturated heterocycles. The summed E-state index contributed by atoms with van der Waals surface area (Å²) in [6.07, 6.45) is 0.841. The number of halogens is 1. The van der Waals surface area contributed by atoms with Crippen LogP contribution in [0.3, 0.4) is 0 Å². The predicted molar refractivity (Wildman–Crippen MR) is 140 cm³/mol. The number of rotatable bonds is 12. The van der Waals surface area contributed by atoms with E-state index in [0.717, 1.165) is 42.5 Å². The average molecular weight is 557 g/mol. The lowest BCUT2D eigenvalue weighted by atomic mass is 10.1. The first-order valence-corrected chi connectivity index (χ1v) is 10.8. The quantitative estimate of drug-likeness (QED) is 0.229. The van der Waals surface area contributed by atoms with Gasteiger partial charge < -0.3 is 29.6 Å². The van der Waals surface area contributed by atoms with Crippen LogP contribution in [-0.4, -0.2) is 46.5 Å². The van der Waals surface area contributed by atoms with Crippen LogP contribution in [0.15, 0.2) is 41.4 Å². The Hall–Kier alpha value is -2.36. The Morgan fingerprint density at radius 2 is 1.41 bits per heavy atom. The molecule has 0 fully saturated rings. The Balaban J connectivity index is 0.00000512. The lowest BCUT2D eigenvalue weighted by molar-refractivity contribution is 0.287. The molecule has 0 aliphatic carbocycles. The van der Waals surface area contributed by atoms with E-state index in [-0.39, 0.29) is 24.0 Å². The molecule has 2 aromatic rings. The first-order chi connectivity index (χ1) is 15.1. The highest BCUT2D eigenvalue weighted by Gasteiger charge is 2.07. The minimum Gasteiger partial charge on any atom is -0.493 e. The van der Waals surface area contributed by atoms with E-state index >= 15 is 0 Å². The van der Waals surface area contributed by atoms with E-state index in [1.165, 1.54) is 5.56 Å². The first kappa shape index (κ1) is 27.7. The molecule has 178 valence electrons. The lowest BCUT2D eigenvalue weighted by Gasteiger charge is -2.14. The van der Waals surface area contributed by atoms with Gasteiger partial charge in [-0.15, -0.1) is 24.0 Å². The Kier molecular flexibility index (Phi) is 13.4. The van der Waals surface area contributed by atoms with Crippen LogP contribution >= 0.6 is 24.0 Å². The fourth-order valence-corrected chi connectivity index (χ4v) is 3.07. The van der Waals surface area contributed by atoms with Gasteiger partial charge in [-0.05, 0) is 62.6 Å². The SMILES string of the molecule is CCNC(=NCc1ccc(OC)c(OC)c1)NCCc1ccc(OCC)c(OCC)c1.I. The van der Waals surface area contributed by atoms with E-state index in [9.17, 15) is 0 Å². The minimum absolute atomic E-state index is 0. The zero-order valence-electron chi connectivity index (χ0n) is 19.7. The first-order valence-electron chi connectivity index (χ1n) is 10.8. The standard InChI is InChI=1S/C24H35N3O4.HI/c1-6-25-24(27-17-19-10-11-20(28-4)22(16-19)29-5)26-14-13-18-9-12-21(30-7-2)23(15-18)31-8-3;/h9-12,15-16H,6-8,13-14,17H2,1-5H3,(H2,25,26,27);1H. The maximum atomic E-state index is 5.72. The van der Waals surface area contributed by atoms with Crippen molar-refractivity contribution in [1.29, 1.82) is 0 Å². The van der Waals surface area contributed by atoms with E-state index in [0.29, 0.717) is 31.3 Å². The summed E-state index contributed by atoms with van der Waals surface area (Å²) in [4.78, 5) is 4.68. The van der Waals surface area contributed by atoms with E-state index < -0.39 is 0 Å². The molecule has 0 saturated carbocycles. The Labute approximate surface area is 208 Å². The van der Waals surface area contributed by atoms with Crippen LogP contribution in [0.1, 0.15) is 31.9 Å². The van der Waals surface area contributed by atoms with Gasteiger partial charge in [-0.1, -0.05) is 12.1 Å². The third kappa shape index (κ3) is 8.64. The van der Waals surface area contributed by atoms with Crippen LogP contribution in [0.5, 0.6) is 23.0 Å². The summed E-state index contributed by atoms with van der Waals surface area (Å²) in [6.45, 7) is 9.28. The van der Waals surface area contributed by atoms with Crippen LogP contribution in [0.25, 0.3) is 0 Å². The molecule has 2 aromatic carbocycles. The molecular formula is C24H36IN3O4. The molecule has 2 rings (SSSR count). The van der Waals surface area contributed by atoms with Crippen LogP contribution < -0.4 is 29.6 Å². The molecule has 0 spiro atoms. The topological polar surface area (TPSA) is 73.3 Å². The van der Waals surface area contributed by atoms with Crippen LogP contribution in [0.4, 0.5) is 0 Å². The Bertz CT molecular complexity index is 846. The molecule has 0 bridgehead atoms. The van der Waals surface area contributed by atoms with Gasteiger partial charge in [0.05, 0.1) is 34.0 Å². The Morgan fingerprint density at radius 3 is 2.06 bits per heavy atom. The zero-order valence-corrected chi connectivity index (χ0v) is 22.0. The number of aliphatic imine (C=N–C) groups is 1. The van der Waals surface area contributed by atoms with E-state index in [4.69, 9.17) is 18.9 Å². The normalized spacial score (nSPS) is 10.7. The highest BCUT2D eigenvalue weighted by Crippen LogP contribution is 2.29. The molecule has 0 atom stereocenters. The van der Waals surface area contributed by atoms with Gasteiger partial charge in [-0.3, -0.25) is 0 Å². The number of guanidine groups is 1. The smallest absolute Gasteiger partial charge is 0.191 e. The van der Waals surface area contributed by atoms with Crippen LogP contribution in [-0.2, 0) is 13.0 Å². The second kappa shape index (κ2) is 15.4. The van der Waals surface area contributed by atoms with Crippen molar-refractivity contribution in [2.75, 3.05) is 40.5 Å².